The van der Waals surface area contributed by atoms with E-state index in [1.54, 1.807) is 20.3 Å². The van der Waals surface area contributed by atoms with Gasteiger partial charge in [-0.3, -0.25) is 4.90 Å². The Morgan fingerprint density at radius 3 is 2.68 bits per heavy atom. The van der Waals surface area contributed by atoms with E-state index in [4.69, 9.17) is 9.47 Å². The van der Waals surface area contributed by atoms with Crippen LogP contribution < -0.4 is 9.47 Å². The first kappa shape index (κ1) is 19.5. The van der Waals surface area contributed by atoms with E-state index in [1.807, 2.05) is 24.3 Å². The predicted molar refractivity (Wildman–Crippen MR) is 122 cm³/mol. The summed E-state index contributed by atoms with van der Waals surface area (Å²) in [7, 11) is 3.35. The van der Waals surface area contributed by atoms with Crippen LogP contribution in [-0.4, -0.2) is 35.8 Å². The van der Waals surface area contributed by atoms with E-state index in [1.165, 1.54) is 16.6 Å². The van der Waals surface area contributed by atoms with Gasteiger partial charge in [0.15, 0.2) is 0 Å². The quantitative estimate of drug-likeness (QED) is 0.480. The summed E-state index contributed by atoms with van der Waals surface area (Å²) in [5, 5.41) is 11.5. The molecule has 0 saturated heterocycles. The first-order valence-corrected chi connectivity index (χ1v) is 10.5. The van der Waals surface area contributed by atoms with Crippen molar-refractivity contribution in [2.24, 2.45) is 0 Å². The molecule has 31 heavy (non-hydrogen) atoms. The lowest BCUT2D eigenvalue weighted by atomic mass is 9.91. The Hall–Kier alpha value is -3.44. The lowest BCUT2D eigenvalue weighted by molar-refractivity contribution is 0.199. The van der Waals surface area contributed by atoms with Crippen molar-refractivity contribution in [2.75, 3.05) is 20.8 Å². The summed E-state index contributed by atoms with van der Waals surface area (Å²) in [6.07, 6.45) is 0.965. The molecule has 5 heteroatoms. The fraction of sp³-hybridized carbons (Fsp3) is 0.231. The molecule has 0 radical (unpaired) electrons. The maximum atomic E-state index is 10.2. The molecule has 2 heterocycles. The second-order valence-corrected chi connectivity index (χ2v) is 7.96. The number of fused-ring (bicyclic) bond motifs is 3. The molecule has 0 saturated carbocycles. The number of rotatable bonds is 5. The third-order valence-corrected chi connectivity index (χ3v) is 6.19. The van der Waals surface area contributed by atoms with Gasteiger partial charge in [-0.25, -0.2) is 0 Å². The van der Waals surface area contributed by atoms with E-state index in [9.17, 15) is 5.11 Å². The highest BCUT2D eigenvalue weighted by Crippen LogP contribution is 2.40. The van der Waals surface area contributed by atoms with E-state index in [0.717, 1.165) is 47.7 Å². The third-order valence-electron chi connectivity index (χ3n) is 6.19. The molecule has 0 spiro atoms. The SMILES string of the molecule is COc1ccc(CN2CCc3c([nH]c4ccccc34)C2c2cccc(O)c2)c(OC)c1. The summed E-state index contributed by atoms with van der Waals surface area (Å²) in [4.78, 5) is 6.11. The number of methoxy groups -OCH3 is 2. The minimum absolute atomic E-state index is 0.00931. The van der Waals surface area contributed by atoms with Crippen LogP contribution in [0.4, 0.5) is 0 Å². The number of nitrogens with one attached hydrogen (secondary N) is 1. The zero-order valence-corrected chi connectivity index (χ0v) is 17.8. The van der Waals surface area contributed by atoms with Crippen LogP contribution in [0, 0.1) is 0 Å². The highest BCUT2D eigenvalue weighted by molar-refractivity contribution is 5.85. The standard InChI is InChI=1S/C26H26N2O3/c1-30-20-11-10-18(24(15-20)31-2)16-28-13-12-22-21-8-3-4-9-23(21)27-25(22)26(28)17-6-5-7-19(29)14-17/h3-11,14-15,26-27,29H,12-13,16H2,1-2H3. The molecule has 5 nitrogen and oxygen atoms in total. The largest absolute Gasteiger partial charge is 0.508 e. The molecule has 5 rings (SSSR count). The molecule has 1 aliphatic rings. The minimum Gasteiger partial charge on any atom is -0.508 e. The summed E-state index contributed by atoms with van der Waals surface area (Å²) < 4.78 is 11.0. The van der Waals surface area contributed by atoms with Gasteiger partial charge in [0.05, 0.1) is 20.3 Å². The van der Waals surface area contributed by atoms with Crippen molar-refractivity contribution in [1.82, 2.24) is 9.88 Å². The Labute approximate surface area is 181 Å². The average Bonchev–Trinajstić information content (AvgIpc) is 3.17. The van der Waals surface area contributed by atoms with Gasteiger partial charge in [0.1, 0.15) is 17.2 Å². The number of aromatic nitrogens is 1. The highest BCUT2D eigenvalue weighted by atomic mass is 16.5. The van der Waals surface area contributed by atoms with Crippen LogP contribution in [0.25, 0.3) is 10.9 Å². The molecule has 3 aromatic carbocycles. The van der Waals surface area contributed by atoms with Crippen molar-refractivity contribution in [1.29, 1.82) is 0 Å². The average molecular weight is 415 g/mol. The van der Waals surface area contributed by atoms with Gasteiger partial charge in [-0.1, -0.05) is 36.4 Å². The normalized spacial score (nSPS) is 16.3. The molecular weight excluding hydrogens is 388 g/mol. The number of aromatic amines is 1. The van der Waals surface area contributed by atoms with Crippen LogP contribution in [0.2, 0.25) is 0 Å². The van der Waals surface area contributed by atoms with E-state index in [2.05, 4.69) is 46.3 Å². The Morgan fingerprint density at radius 1 is 1.00 bits per heavy atom. The number of aromatic hydroxyl groups is 1. The van der Waals surface area contributed by atoms with Crippen molar-refractivity contribution in [3.63, 3.8) is 0 Å². The summed E-state index contributed by atoms with van der Waals surface area (Å²) in [5.74, 6) is 1.88. The summed E-state index contributed by atoms with van der Waals surface area (Å²) >= 11 is 0. The summed E-state index contributed by atoms with van der Waals surface area (Å²) in [5.41, 5.74) is 5.89. The molecule has 0 amide bonds. The highest BCUT2D eigenvalue weighted by Gasteiger charge is 2.32. The van der Waals surface area contributed by atoms with E-state index >= 15 is 0 Å². The Kier molecular flexibility index (Phi) is 5.04. The van der Waals surface area contributed by atoms with Gasteiger partial charge in [-0.2, -0.15) is 0 Å². The van der Waals surface area contributed by atoms with Gasteiger partial charge in [0, 0.05) is 41.3 Å². The van der Waals surface area contributed by atoms with Crippen LogP contribution >= 0.6 is 0 Å². The number of para-hydroxylation sites is 1. The lowest BCUT2D eigenvalue weighted by Crippen LogP contribution is -2.35. The maximum absolute atomic E-state index is 10.2. The number of benzene rings is 3. The molecule has 2 N–H and O–H groups in total. The first-order chi connectivity index (χ1) is 15.2. The first-order valence-electron chi connectivity index (χ1n) is 10.5. The fourth-order valence-electron chi connectivity index (χ4n) is 4.73. The number of hydrogen-bond acceptors (Lipinski definition) is 4. The number of phenolic OH excluding ortho intramolecular Hbond substituents is 1. The topological polar surface area (TPSA) is 57.7 Å². The Bertz CT molecular complexity index is 1230. The van der Waals surface area contributed by atoms with Gasteiger partial charge in [-0.15, -0.1) is 0 Å². The molecule has 1 atom stereocenters. The van der Waals surface area contributed by atoms with Crippen molar-refractivity contribution < 1.29 is 14.6 Å². The van der Waals surface area contributed by atoms with Gasteiger partial charge in [-0.05, 0) is 41.8 Å². The molecule has 1 unspecified atom stereocenters. The van der Waals surface area contributed by atoms with Crippen LogP contribution in [0.3, 0.4) is 0 Å². The molecule has 0 bridgehead atoms. The number of hydrogen-bond donors (Lipinski definition) is 2. The van der Waals surface area contributed by atoms with Gasteiger partial charge < -0.3 is 19.6 Å². The van der Waals surface area contributed by atoms with E-state index in [0.29, 0.717) is 0 Å². The molecule has 1 aromatic heterocycles. The van der Waals surface area contributed by atoms with Crippen molar-refractivity contribution in [3.8, 4) is 17.2 Å². The summed E-state index contributed by atoms with van der Waals surface area (Å²) in [6, 6.07) is 22.0. The van der Waals surface area contributed by atoms with Gasteiger partial charge in [0.25, 0.3) is 0 Å². The molecular formula is C26H26N2O3. The van der Waals surface area contributed by atoms with Crippen LogP contribution in [-0.2, 0) is 13.0 Å². The monoisotopic (exact) mass is 414 g/mol. The lowest BCUT2D eigenvalue weighted by Gasteiger charge is -2.36. The Morgan fingerprint density at radius 2 is 1.87 bits per heavy atom. The molecule has 158 valence electrons. The number of ether oxygens (including phenoxy) is 2. The van der Waals surface area contributed by atoms with Crippen LogP contribution in [0.5, 0.6) is 17.2 Å². The van der Waals surface area contributed by atoms with Crippen molar-refractivity contribution >= 4 is 10.9 Å². The van der Waals surface area contributed by atoms with Crippen LogP contribution in [0.1, 0.15) is 28.4 Å². The number of nitrogens with zero attached hydrogens (tertiary/aromatic N) is 1. The molecule has 0 fully saturated rings. The minimum atomic E-state index is 0.00931. The third kappa shape index (κ3) is 3.51. The van der Waals surface area contributed by atoms with Crippen LogP contribution in [0.15, 0.2) is 66.7 Å². The van der Waals surface area contributed by atoms with E-state index in [-0.39, 0.29) is 11.8 Å². The maximum Gasteiger partial charge on any atom is 0.127 e. The zero-order valence-electron chi connectivity index (χ0n) is 17.8. The van der Waals surface area contributed by atoms with Gasteiger partial charge in [0.2, 0.25) is 0 Å². The Balaban J connectivity index is 1.60. The summed E-state index contributed by atoms with van der Waals surface area (Å²) in [6.45, 7) is 1.63. The second kappa shape index (κ2) is 8.00. The fourth-order valence-corrected chi connectivity index (χ4v) is 4.73. The number of H-pyrrole nitrogens is 1. The number of phenols is 1. The van der Waals surface area contributed by atoms with Gasteiger partial charge >= 0.3 is 0 Å². The predicted octanol–water partition coefficient (Wildman–Crippen LogP) is 5.04. The molecule has 0 aliphatic carbocycles. The molecule has 1 aliphatic heterocycles. The molecule has 4 aromatic rings. The van der Waals surface area contributed by atoms with E-state index < -0.39 is 0 Å². The zero-order chi connectivity index (χ0) is 21.4. The van der Waals surface area contributed by atoms with Crippen molar-refractivity contribution in [2.45, 2.75) is 19.0 Å². The smallest absolute Gasteiger partial charge is 0.127 e. The van der Waals surface area contributed by atoms with Crippen molar-refractivity contribution in [3.05, 3.63) is 89.1 Å². The second-order valence-electron chi connectivity index (χ2n) is 7.96.